The van der Waals surface area contributed by atoms with Crippen molar-refractivity contribution in [2.75, 3.05) is 29.3 Å². The first-order chi connectivity index (χ1) is 9.51. The molecule has 2 heterocycles. The highest BCUT2D eigenvalue weighted by Gasteiger charge is 2.11. The van der Waals surface area contributed by atoms with E-state index in [1.165, 1.54) is 11.3 Å². The van der Waals surface area contributed by atoms with E-state index < -0.39 is 5.88 Å². The van der Waals surface area contributed by atoms with Crippen LogP contribution in [-0.4, -0.2) is 38.2 Å². The lowest BCUT2D eigenvalue weighted by molar-refractivity contribution is 0.455. The summed E-state index contributed by atoms with van der Waals surface area (Å²) in [6, 6.07) is 0. The van der Waals surface area contributed by atoms with Crippen molar-refractivity contribution in [1.29, 1.82) is 0 Å². The Hall–Kier alpha value is -2.21. The van der Waals surface area contributed by atoms with Crippen LogP contribution in [0.2, 0.25) is 0 Å². The van der Waals surface area contributed by atoms with Crippen LogP contribution in [0.15, 0.2) is 10.2 Å². The van der Waals surface area contributed by atoms with E-state index in [0.717, 1.165) is 0 Å². The molecule has 0 atom stereocenters. The molecule has 0 amide bonds. The van der Waals surface area contributed by atoms with Crippen molar-refractivity contribution >= 4 is 51.7 Å². The molecule has 0 fully saturated rings. The molecule has 0 unspecified atom stereocenters. The van der Waals surface area contributed by atoms with Gasteiger partial charge >= 0.3 is 0 Å². The molecule has 5 N–H and O–H groups in total. The van der Waals surface area contributed by atoms with Crippen LogP contribution in [0.4, 0.5) is 27.7 Å². The zero-order valence-electron chi connectivity index (χ0n) is 10.3. The van der Waals surface area contributed by atoms with Gasteiger partial charge in [0.25, 0.3) is 5.13 Å². The number of aromatic hydroxyl groups is 1. The molecule has 0 bridgehead atoms. The van der Waals surface area contributed by atoms with E-state index in [2.05, 4.69) is 43.0 Å². The lowest BCUT2D eigenvalue weighted by atomic mass is 10.5. The zero-order valence-corrected chi connectivity index (χ0v) is 12.0. The Morgan fingerprint density at radius 3 is 2.70 bits per heavy atom. The minimum atomic E-state index is -0.448. The lowest BCUT2D eigenvalue weighted by Gasteiger charge is -2.08. The van der Waals surface area contributed by atoms with Crippen LogP contribution in [-0.2, 0) is 0 Å². The predicted octanol–water partition coefficient (Wildman–Crippen LogP) is 0.937. The first kappa shape index (κ1) is 14.2. The third-order valence-corrected chi connectivity index (χ3v) is 3.43. The van der Waals surface area contributed by atoms with Crippen LogP contribution < -0.4 is 16.4 Å². The van der Waals surface area contributed by atoms with Gasteiger partial charge < -0.3 is 21.5 Å². The zero-order chi connectivity index (χ0) is 14.7. The molecule has 0 aromatic carbocycles. The number of hydrogen-bond donors (Lipinski definition) is 4. The van der Waals surface area contributed by atoms with Gasteiger partial charge in [0.05, 0.1) is 5.88 Å². The highest BCUT2D eigenvalue weighted by Crippen LogP contribution is 2.33. The number of anilines is 3. The number of aromatic nitrogens is 4. The monoisotopic (exact) mass is 313 g/mol. The number of nitrogens with two attached hydrogens (primary N) is 2. The van der Waals surface area contributed by atoms with Gasteiger partial charge in [-0.2, -0.15) is 22.6 Å². The van der Waals surface area contributed by atoms with Gasteiger partial charge in [-0.3, -0.25) is 0 Å². The molecule has 0 saturated heterocycles. The quantitative estimate of drug-likeness (QED) is 0.369. The Bertz CT molecular complexity index is 620. The normalized spacial score (nSPS) is 11.1. The summed E-state index contributed by atoms with van der Waals surface area (Å²) in [5.74, 6) is -0.176. The van der Waals surface area contributed by atoms with Gasteiger partial charge in [-0.05, 0) is 0 Å². The van der Waals surface area contributed by atoms with Crippen LogP contribution >= 0.6 is 24.0 Å². The van der Waals surface area contributed by atoms with Crippen molar-refractivity contribution in [2.24, 2.45) is 10.2 Å². The first-order valence-corrected chi connectivity index (χ1v) is 6.65. The van der Waals surface area contributed by atoms with Crippen molar-refractivity contribution < 1.29 is 5.11 Å². The van der Waals surface area contributed by atoms with Crippen molar-refractivity contribution in [2.45, 2.75) is 0 Å². The Kier molecular flexibility index (Phi) is 4.14. The summed E-state index contributed by atoms with van der Waals surface area (Å²) < 4.78 is 0. The van der Waals surface area contributed by atoms with Gasteiger partial charge in [0, 0.05) is 7.05 Å². The second kappa shape index (κ2) is 5.83. The summed E-state index contributed by atoms with van der Waals surface area (Å²) in [5.41, 5.74) is 10.8. The number of nitrogen functional groups attached to an aromatic ring is 2. The van der Waals surface area contributed by atoms with Gasteiger partial charge in [0.15, 0.2) is 11.5 Å². The molecule has 0 aliphatic rings. The highest BCUT2D eigenvalue weighted by molar-refractivity contribution is 7.80. The van der Waals surface area contributed by atoms with Gasteiger partial charge in [-0.15, -0.1) is 20.4 Å². The summed E-state index contributed by atoms with van der Waals surface area (Å²) in [5, 5.41) is 25.8. The minimum Gasteiger partial charge on any atom is -0.492 e. The van der Waals surface area contributed by atoms with Crippen molar-refractivity contribution in [3.63, 3.8) is 0 Å². The molecule has 0 spiro atoms. The van der Waals surface area contributed by atoms with E-state index in [1.807, 2.05) is 7.05 Å². The average molecular weight is 313 g/mol. The van der Waals surface area contributed by atoms with E-state index in [9.17, 15) is 5.11 Å². The number of rotatable bonds is 4. The lowest BCUT2D eigenvalue weighted by Crippen LogP contribution is -2.13. The topological polar surface area (TPSA) is 152 Å². The molecular weight excluding hydrogens is 302 g/mol. The summed E-state index contributed by atoms with van der Waals surface area (Å²) in [7, 11) is 1.81. The van der Waals surface area contributed by atoms with E-state index >= 15 is 0 Å². The number of hydrogen-bond acceptors (Lipinski definition) is 12. The number of thiol groups is 1. The molecule has 2 rings (SSSR count). The third kappa shape index (κ3) is 3.03. The summed E-state index contributed by atoms with van der Waals surface area (Å²) in [4.78, 5) is 8.98. The molecule has 20 heavy (non-hydrogen) atoms. The van der Waals surface area contributed by atoms with Gasteiger partial charge in [-0.1, -0.05) is 11.3 Å². The fourth-order valence-corrected chi connectivity index (χ4v) is 1.99. The van der Waals surface area contributed by atoms with Gasteiger partial charge in [0.2, 0.25) is 17.0 Å². The summed E-state index contributed by atoms with van der Waals surface area (Å²) in [6.07, 6.45) is 0. The van der Waals surface area contributed by atoms with Crippen LogP contribution in [0.1, 0.15) is 0 Å². The fraction of sp³-hybridized carbons (Fsp3) is 0.250. The largest absolute Gasteiger partial charge is 0.492 e. The Labute approximate surface area is 123 Å². The number of nitrogens with zero attached hydrogens (tertiary/aromatic N) is 7. The van der Waals surface area contributed by atoms with Crippen LogP contribution in [0.5, 0.6) is 5.88 Å². The Morgan fingerprint density at radius 1 is 1.30 bits per heavy atom. The SMILES string of the molecule is CN(CS)c1nnc(/N=N/c2c(N)nc(N)nc2O)s1. The summed E-state index contributed by atoms with van der Waals surface area (Å²) >= 11 is 5.32. The fourth-order valence-electron chi connectivity index (χ4n) is 1.13. The standard InChI is InChI=1S/C8H11N9OS2/c1-17(2-19)8-16-15-7(20-8)14-13-3-4(9)11-6(10)12-5(3)18/h19H,2H2,1H3,(H5,9,10,11,12,18)/b14-13+. The van der Waals surface area contributed by atoms with Gasteiger partial charge in [0.1, 0.15) is 0 Å². The minimum absolute atomic E-state index is 0.0708. The average Bonchev–Trinajstić information content (AvgIpc) is 2.85. The van der Waals surface area contributed by atoms with Crippen LogP contribution in [0, 0.1) is 0 Å². The van der Waals surface area contributed by atoms with Crippen molar-refractivity contribution in [3.05, 3.63) is 0 Å². The van der Waals surface area contributed by atoms with E-state index in [-0.39, 0.29) is 17.5 Å². The molecule has 10 nitrogen and oxygen atoms in total. The molecule has 0 aliphatic heterocycles. The van der Waals surface area contributed by atoms with E-state index in [4.69, 9.17) is 11.5 Å². The molecule has 0 saturated carbocycles. The molecule has 0 aliphatic carbocycles. The van der Waals surface area contributed by atoms with Crippen LogP contribution in [0.3, 0.4) is 0 Å². The molecule has 12 heteroatoms. The van der Waals surface area contributed by atoms with E-state index in [1.54, 1.807) is 4.90 Å². The Balaban J connectivity index is 2.24. The Morgan fingerprint density at radius 2 is 2.05 bits per heavy atom. The maximum Gasteiger partial charge on any atom is 0.253 e. The third-order valence-electron chi connectivity index (χ3n) is 2.09. The molecule has 2 aromatic heterocycles. The number of azo groups is 1. The maximum atomic E-state index is 9.57. The second-order valence-electron chi connectivity index (χ2n) is 3.55. The molecular formula is C8H11N9OS2. The van der Waals surface area contributed by atoms with E-state index in [0.29, 0.717) is 16.1 Å². The summed E-state index contributed by atoms with van der Waals surface area (Å²) in [6.45, 7) is 0. The smallest absolute Gasteiger partial charge is 0.253 e. The predicted molar refractivity (Wildman–Crippen MR) is 78.9 cm³/mol. The maximum absolute atomic E-state index is 9.57. The van der Waals surface area contributed by atoms with Crippen molar-refractivity contribution in [1.82, 2.24) is 20.2 Å². The molecule has 0 radical (unpaired) electrons. The van der Waals surface area contributed by atoms with Crippen molar-refractivity contribution in [3.8, 4) is 5.88 Å². The van der Waals surface area contributed by atoms with Crippen LogP contribution in [0.25, 0.3) is 0 Å². The molecule has 106 valence electrons. The highest BCUT2D eigenvalue weighted by atomic mass is 32.1. The second-order valence-corrected chi connectivity index (χ2v) is 4.76. The van der Waals surface area contributed by atoms with Gasteiger partial charge in [-0.25, -0.2) is 0 Å². The first-order valence-electron chi connectivity index (χ1n) is 5.20. The molecule has 2 aromatic rings.